The molecule has 0 amide bonds. The Morgan fingerprint density at radius 3 is 2.29 bits per heavy atom. The highest BCUT2D eigenvalue weighted by Gasteiger charge is 2.54. The highest BCUT2D eigenvalue weighted by Crippen LogP contribution is 2.43. The number of hydrogen-bond acceptors (Lipinski definition) is 2. The largest absolute Gasteiger partial charge is 0.738 e. The summed E-state index contributed by atoms with van der Waals surface area (Å²) in [7, 11) is 0. The van der Waals surface area contributed by atoms with E-state index in [1.54, 1.807) is 0 Å². The topological polar surface area (TPSA) is 7.94 Å². The van der Waals surface area contributed by atoms with Crippen LogP contribution in [0.2, 0.25) is 0 Å². The van der Waals surface area contributed by atoms with E-state index in [0.29, 0.717) is 21.5 Å². The maximum atomic E-state index is 16.1. The average molecular weight is 523 g/mol. The number of halogens is 3. The summed E-state index contributed by atoms with van der Waals surface area (Å²) in [6, 6.07) is 11.7. The Morgan fingerprint density at radius 1 is 0.935 bits per heavy atom. The van der Waals surface area contributed by atoms with Crippen LogP contribution < -0.4 is 0 Å². The van der Waals surface area contributed by atoms with Gasteiger partial charge in [0.2, 0.25) is 0 Å². The first-order valence-corrected chi connectivity index (χ1v) is 13.6. The van der Waals surface area contributed by atoms with E-state index in [9.17, 15) is 0 Å². The second kappa shape index (κ2) is 9.71. The van der Waals surface area contributed by atoms with Crippen LogP contribution in [0.4, 0.5) is 8.63 Å². The molecule has 0 saturated carbocycles. The lowest BCUT2D eigenvalue weighted by atomic mass is 9.86. The number of rotatable bonds is 8. The lowest BCUT2D eigenvalue weighted by Gasteiger charge is -2.33. The molecule has 2 aromatic rings. The summed E-state index contributed by atoms with van der Waals surface area (Å²) in [4.78, 5) is 0. The van der Waals surface area contributed by atoms with Crippen LogP contribution >= 0.6 is 39.5 Å². The number of aromatic nitrogens is 1. The Balaban J connectivity index is 1.88. The van der Waals surface area contributed by atoms with Gasteiger partial charge < -0.3 is 17.6 Å². The van der Waals surface area contributed by atoms with Crippen molar-refractivity contribution in [3.63, 3.8) is 0 Å². The van der Waals surface area contributed by atoms with E-state index in [-0.39, 0.29) is 0 Å². The van der Waals surface area contributed by atoms with Crippen LogP contribution in [0.5, 0.6) is 0 Å². The van der Waals surface area contributed by atoms with Crippen molar-refractivity contribution in [1.29, 1.82) is 0 Å². The van der Waals surface area contributed by atoms with Gasteiger partial charge in [-0.25, -0.2) is 0 Å². The van der Waals surface area contributed by atoms with Crippen LogP contribution in [-0.4, -0.2) is 32.5 Å². The summed E-state index contributed by atoms with van der Waals surface area (Å²) < 4.78 is 35.8. The molecule has 2 nitrogen and oxygen atoms in total. The maximum absolute atomic E-state index is 16.1. The Kier molecular flexibility index (Phi) is 7.18. The van der Waals surface area contributed by atoms with Crippen molar-refractivity contribution in [1.82, 2.24) is 4.48 Å². The third kappa shape index (κ3) is 4.35. The molecule has 4 rings (SSSR count). The lowest BCUT2D eigenvalue weighted by molar-refractivity contribution is -0.358. The molecule has 2 aliphatic rings. The van der Waals surface area contributed by atoms with E-state index >= 15 is 8.63 Å². The van der Waals surface area contributed by atoms with Crippen LogP contribution in [0.25, 0.3) is 5.57 Å². The minimum Gasteiger partial charge on any atom is -0.389 e. The first kappa shape index (κ1) is 22.9. The van der Waals surface area contributed by atoms with E-state index in [2.05, 4.69) is 29.8 Å². The van der Waals surface area contributed by atoms with E-state index in [4.69, 9.17) is 0 Å². The molecule has 31 heavy (non-hydrogen) atoms. The fourth-order valence-electron chi connectivity index (χ4n) is 3.94. The summed E-state index contributed by atoms with van der Waals surface area (Å²) in [6.07, 6.45) is 7.86. The molecule has 0 saturated heterocycles. The van der Waals surface area contributed by atoms with Gasteiger partial charge in [-0.05, 0) is 48.4 Å². The molecule has 0 N–H and O–H groups in total. The van der Waals surface area contributed by atoms with Gasteiger partial charge in [-0.2, -0.15) is 0 Å². The highest BCUT2D eigenvalue weighted by molar-refractivity contribution is 9.10. The molecule has 0 spiro atoms. The fourth-order valence-corrected chi connectivity index (χ4v) is 6.55. The van der Waals surface area contributed by atoms with Crippen molar-refractivity contribution >= 4 is 57.0 Å². The molecule has 2 aliphatic heterocycles. The van der Waals surface area contributed by atoms with Crippen molar-refractivity contribution < 1.29 is 13.1 Å². The average Bonchev–Trinajstić information content (AvgIpc) is 3.36. The molecule has 164 valence electrons. The molecule has 0 fully saturated rings. The first-order chi connectivity index (χ1) is 15.0. The molecular weight excluding hydrogens is 497 g/mol. The second-order valence-electron chi connectivity index (χ2n) is 7.73. The molecule has 0 radical (unpaired) electrons. The molecule has 3 heterocycles. The van der Waals surface area contributed by atoms with Crippen LogP contribution in [0.3, 0.4) is 0 Å². The van der Waals surface area contributed by atoms with Gasteiger partial charge in [0.25, 0.3) is 0 Å². The SMILES string of the molecule is CCCCSC1=[N+]2C(=C(c3ccc(Br)cc3)c3ccc(SCCCC)n3[B-]2(F)F)C=C1. The number of nitrogens with zero attached hydrogens (tertiary/aromatic N) is 2. The smallest absolute Gasteiger partial charge is 0.389 e. The number of fused-ring (bicyclic) bond motifs is 2. The number of unbranched alkanes of at least 4 members (excludes halogenated alkanes) is 2. The van der Waals surface area contributed by atoms with Gasteiger partial charge in [-0.15, -0.1) is 11.8 Å². The predicted molar refractivity (Wildman–Crippen MR) is 135 cm³/mol. The van der Waals surface area contributed by atoms with Crippen LogP contribution in [0.15, 0.2) is 63.7 Å². The summed E-state index contributed by atoms with van der Waals surface area (Å²) in [6.45, 7) is 0.279. The lowest BCUT2D eigenvalue weighted by Crippen LogP contribution is -2.51. The normalized spacial score (nSPS) is 16.8. The van der Waals surface area contributed by atoms with Crippen LogP contribution in [0.1, 0.15) is 50.8 Å². The van der Waals surface area contributed by atoms with Gasteiger partial charge in [0, 0.05) is 33.1 Å². The Bertz CT molecular complexity index is 1060. The molecule has 1 aromatic carbocycles. The van der Waals surface area contributed by atoms with Crippen molar-refractivity contribution in [3.8, 4) is 0 Å². The van der Waals surface area contributed by atoms with Gasteiger partial charge >= 0.3 is 6.97 Å². The van der Waals surface area contributed by atoms with Crippen LogP contribution in [0, 0.1) is 0 Å². The zero-order valence-corrected chi connectivity index (χ0v) is 21.0. The van der Waals surface area contributed by atoms with Gasteiger partial charge in [0.05, 0.1) is 5.57 Å². The summed E-state index contributed by atoms with van der Waals surface area (Å²) in [5.41, 5.74) is 3.01. The molecule has 0 aliphatic carbocycles. The molecule has 0 unspecified atom stereocenters. The standard InChI is InChI=1S/C23H26BBrF2N2S2/c1-3-5-15-30-21-13-11-19-23(17-7-9-18(25)10-8-17)20-12-14-22(31-16-6-4-2)29(20)24(26,27)28(19)21/h7-14H,3-6,15-16H2,1-2H3. The number of allylic oxidation sites excluding steroid dienone is 1. The third-order valence-corrected chi connectivity index (χ3v) is 8.30. The van der Waals surface area contributed by atoms with Crippen molar-refractivity contribution in [2.75, 3.05) is 11.5 Å². The minimum absolute atomic E-state index is 0.599. The molecule has 8 heteroatoms. The van der Waals surface area contributed by atoms with Crippen molar-refractivity contribution in [3.05, 3.63) is 70.0 Å². The second-order valence-corrected chi connectivity index (χ2v) is 10.9. The highest BCUT2D eigenvalue weighted by atomic mass is 79.9. The Morgan fingerprint density at radius 2 is 1.61 bits per heavy atom. The van der Waals surface area contributed by atoms with E-state index in [1.165, 1.54) is 32.5 Å². The zero-order chi connectivity index (χ0) is 22.0. The predicted octanol–water partition coefficient (Wildman–Crippen LogP) is 7.65. The molecular formula is C23H26BBrF2N2S2. The molecule has 0 bridgehead atoms. The molecule has 0 atom stereocenters. The summed E-state index contributed by atoms with van der Waals surface area (Å²) >= 11 is 6.55. The zero-order valence-electron chi connectivity index (χ0n) is 17.8. The van der Waals surface area contributed by atoms with E-state index in [0.717, 1.165) is 52.8 Å². The quantitative estimate of drug-likeness (QED) is 0.200. The summed E-state index contributed by atoms with van der Waals surface area (Å²) in [5, 5.41) is 1.29. The molecule has 1 aromatic heterocycles. The van der Waals surface area contributed by atoms with Gasteiger partial charge in [0.15, 0.2) is 10.7 Å². The first-order valence-electron chi connectivity index (χ1n) is 10.8. The number of thioether (sulfide) groups is 2. The number of benzene rings is 1. The van der Waals surface area contributed by atoms with Gasteiger partial charge in [-0.1, -0.05) is 66.5 Å². The minimum atomic E-state index is -3.97. The Hall–Kier alpha value is -1.25. The Labute approximate surface area is 200 Å². The van der Waals surface area contributed by atoms with Gasteiger partial charge in [-0.3, -0.25) is 0 Å². The van der Waals surface area contributed by atoms with E-state index < -0.39 is 6.97 Å². The van der Waals surface area contributed by atoms with Crippen LogP contribution in [-0.2, 0) is 0 Å². The van der Waals surface area contributed by atoms with Crippen molar-refractivity contribution in [2.24, 2.45) is 0 Å². The van der Waals surface area contributed by atoms with Gasteiger partial charge in [0.1, 0.15) is 0 Å². The fraction of sp³-hybridized carbons (Fsp3) is 0.348. The number of hydrogen-bond donors (Lipinski definition) is 0. The summed E-state index contributed by atoms with van der Waals surface area (Å²) in [5.74, 6) is 1.69. The van der Waals surface area contributed by atoms with E-state index in [1.807, 2.05) is 48.6 Å². The third-order valence-electron chi connectivity index (χ3n) is 5.52. The maximum Gasteiger partial charge on any atom is 0.738 e. The van der Waals surface area contributed by atoms with Crippen molar-refractivity contribution in [2.45, 2.75) is 44.6 Å². The monoisotopic (exact) mass is 522 g/mol.